The lowest BCUT2D eigenvalue weighted by molar-refractivity contribution is 0.0954. The zero-order chi connectivity index (χ0) is 15.4. The fraction of sp³-hybridized carbons (Fsp3) is 0.188. The lowest BCUT2D eigenvalue weighted by atomic mass is 10.2. The molecule has 0 fully saturated rings. The number of amides is 1. The van der Waals surface area contributed by atoms with Crippen LogP contribution in [0.15, 0.2) is 42.0 Å². The lowest BCUT2D eigenvalue weighted by Gasteiger charge is -2.03. The third-order valence-electron chi connectivity index (χ3n) is 3.13. The minimum absolute atomic E-state index is 0.0608. The van der Waals surface area contributed by atoms with E-state index in [0.717, 1.165) is 17.1 Å². The van der Waals surface area contributed by atoms with Crippen LogP contribution in [0, 0.1) is 6.92 Å². The summed E-state index contributed by atoms with van der Waals surface area (Å²) in [6.45, 7) is 2.63. The molecular formula is C16H15N3OS2. The predicted octanol–water partition coefficient (Wildman–Crippen LogP) is 3.55. The summed E-state index contributed by atoms with van der Waals surface area (Å²) in [7, 11) is 0. The normalized spacial score (nSPS) is 10.6. The first-order valence-electron chi connectivity index (χ1n) is 6.92. The summed E-state index contributed by atoms with van der Waals surface area (Å²) in [6.07, 6.45) is 4.07. The summed E-state index contributed by atoms with van der Waals surface area (Å²) in [5.74, 6) is -0.0608. The molecule has 4 nitrogen and oxygen atoms in total. The smallest absolute Gasteiger partial charge is 0.251 e. The maximum Gasteiger partial charge on any atom is 0.251 e. The first-order chi connectivity index (χ1) is 10.7. The maximum absolute atomic E-state index is 11.9. The quantitative estimate of drug-likeness (QED) is 0.779. The summed E-state index contributed by atoms with van der Waals surface area (Å²) in [5, 5.41) is 6.08. The fourth-order valence-electron chi connectivity index (χ4n) is 2.03. The van der Waals surface area contributed by atoms with Crippen LogP contribution in [0.4, 0.5) is 0 Å². The molecule has 0 aliphatic rings. The summed E-state index contributed by atoms with van der Waals surface area (Å²) in [5.41, 5.74) is 1.68. The Morgan fingerprint density at radius 2 is 2.05 bits per heavy atom. The van der Waals surface area contributed by atoms with E-state index < -0.39 is 0 Å². The van der Waals surface area contributed by atoms with E-state index in [1.807, 2.05) is 6.92 Å². The molecule has 3 aromatic rings. The monoisotopic (exact) mass is 329 g/mol. The van der Waals surface area contributed by atoms with E-state index in [4.69, 9.17) is 0 Å². The van der Waals surface area contributed by atoms with Crippen LogP contribution in [0.1, 0.15) is 20.2 Å². The van der Waals surface area contributed by atoms with Crippen molar-refractivity contribution >= 4 is 28.6 Å². The van der Waals surface area contributed by atoms with Crippen molar-refractivity contribution in [3.8, 4) is 10.6 Å². The van der Waals surface area contributed by atoms with Crippen LogP contribution < -0.4 is 5.32 Å². The maximum atomic E-state index is 11.9. The molecular weight excluding hydrogens is 314 g/mol. The van der Waals surface area contributed by atoms with Crippen LogP contribution in [0.3, 0.4) is 0 Å². The van der Waals surface area contributed by atoms with Crippen LogP contribution in [0.25, 0.3) is 10.6 Å². The number of nitrogens with one attached hydrogen (secondary N) is 1. The van der Waals surface area contributed by atoms with Gasteiger partial charge in [0.05, 0.1) is 15.6 Å². The van der Waals surface area contributed by atoms with Gasteiger partial charge < -0.3 is 5.32 Å². The molecule has 3 rings (SSSR count). The summed E-state index contributed by atoms with van der Waals surface area (Å²) >= 11 is 3.39. The van der Waals surface area contributed by atoms with Crippen molar-refractivity contribution in [2.24, 2.45) is 0 Å². The molecule has 0 spiro atoms. The van der Waals surface area contributed by atoms with E-state index in [9.17, 15) is 4.79 Å². The molecule has 1 N–H and O–H groups in total. The van der Waals surface area contributed by atoms with Gasteiger partial charge in [-0.15, -0.1) is 22.7 Å². The Balaban J connectivity index is 1.54. The Morgan fingerprint density at radius 3 is 2.77 bits per heavy atom. The largest absolute Gasteiger partial charge is 0.352 e. The van der Waals surface area contributed by atoms with Gasteiger partial charge in [0.1, 0.15) is 0 Å². The molecule has 112 valence electrons. The first-order valence-corrected chi connectivity index (χ1v) is 8.61. The molecule has 0 saturated heterocycles. The molecule has 0 aromatic carbocycles. The third-order valence-corrected chi connectivity index (χ3v) is 5.07. The van der Waals surface area contributed by atoms with Gasteiger partial charge in [0.2, 0.25) is 0 Å². The van der Waals surface area contributed by atoms with E-state index in [-0.39, 0.29) is 5.91 Å². The van der Waals surface area contributed by atoms with Gasteiger partial charge in [-0.2, -0.15) is 0 Å². The average molecular weight is 329 g/mol. The Hall–Kier alpha value is -2.05. The second-order valence-corrected chi connectivity index (χ2v) is 6.99. The van der Waals surface area contributed by atoms with E-state index in [2.05, 4.69) is 32.8 Å². The Morgan fingerprint density at radius 1 is 1.23 bits per heavy atom. The number of aryl methyl sites for hydroxylation is 1. The highest BCUT2D eigenvalue weighted by molar-refractivity contribution is 7.16. The highest BCUT2D eigenvalue weighted by Gasteiger charge is 2.07. The van der Waals surface area contributed by atoms with Crippen molar-refractivity contribution in [3.05, 3.63) is 57.5 Å². The second-order valence-electron chi connectivity index (χ2n) is 4.76. The number of carbonyl (C=O) groups excluding carboxylic acids is 1. The minimum Gasteiger partial charge on any atom is -0.352 e. The van der Waals surface area contributed by atoms with Crippen LogP contribution >= 0.6 is 22.7 Å². The zero-order valence-electron chi connectivity index (χ0n) is 12.1. The number of rotatable bonds is 5. The molecule has 0 radical (unpaired) electrons. The van der Waals surface area contributed by atoms with Crippen molar-refractivity contribution in [2.45, 2.75) is 13.3 Å². The molecule has 0 bridgehead atoms. The van der Waals surface area contributed by atoms with Crippen LogP contribution in [0.2, 0.25) is 0 Å². The van der Waals surface area contributed by atoms with Gasteiger partial charge in [-0.05, 0) is 37.6 Å². The predicted molar refractivity (Wildman–Crippen MR) is 90.4 cm³/mol. The molecule has 0 atom stereocenters. The van der Waals surface area contributed by atoms with Gasteiger partial charge in [0.25, 0.3) is 5.91 Å². The average Bonchev–Trinajstić information content (AvgIpc) is 3.17. The van der Waals surface area contributed by atoms with Crippen molar-refractivity contribution < 1.29 is 4.79 Å². The Bertz CT molecular complexity index is 765. The highest BCUT2D eigenvalue weighted by atomic mass is 32.1. The molecule has 3 heterocycles. The van der Waals surface area contributed by atoms with Crippen LogP contribution in [0.5, 0.6) is 0 Å². The third kappa shape index (κ3) is 3.58. The SMILES string of the molecule is Cc1nc(-c2ccc(CCNC(=O)c3ccncc3)s2)cs1. The van der Waals surface area contributed by atoms with Crippen molar-refractivity contribution in [1.82, 2.24) is 15.3 Å². The van der Waals surface area contributed by atoms with Crippen molar-refractivity contribution in [1.29, 1.82) is 0 Å². The number of hydrogen-bond donors (Lipinski definition) is 1. The van der Waals surface area contributed by atoms with Crippen LogP contribution in [-0.2, 0) is 6.42 Å². The van der Waals surface area contributed by atoms with Gasteiger partial charge in [-0.25, -0.2) is 4.98 Å². The molecule has 3 aromatic heterocycles. The van der Waals surface area contributed by atoms with Gasteiger partial charge in [-0.3, -0.25) is 9.78 Å². The highest BCUT2D eigenvalue weighted by Crippen LogP contribution is 2.29. The van der Waals surface area contributed by atoms with Gasteiger partial charge in [0, 0.05) is 34.8 Å². The van der Waals surface area contributed by atoms with E-state index in [1.165, 1.54) is 9.75 Å². The molecule has 1 amide bonds. The Kier molecular flexibility index (Phi) is 4.60. The number of pyridine rings is 1. The van der Waals surface area contributed by atoms with Gasteiger partial charge in [-0.1, -0.05) is 0 Å². The molecule has 0 unspecified atom stereocenters. The fourth-order valence-corrected chi connectivity index (χ4v) is 3.69. The second kappa shape index (κ2) is 6.81. The number of thiazole rings is 1. The standard InChI is InChI=1S/C16H15N3OS2/c1-11-19-14(10-21-11)15-3-2-13(22-15)6-9-18-16(20)12-4-7-17-8-5-12/h2-5,7-8,10H,6,9H2,1H3,(H,18,20). The van der Waals surface area contributed by atoms with E-state index >= 15 is 0 Å². The van der Waals surface area contributed by atoms with Gasteiger partial charge in [0.15, 0.2) is 0 Å². The molecule has 0 aliphatic carbocycles. The number of nitrogens with zero attached hydrogens (tertiary/aromatic N) is 2. The van der Waals surface area contributed by atoms with Crippen molar-refractivity contribution in [2.75, 3.05) is 6.54 Å². The van der Waals surface area contributed by atoms with Crippen molar-refractivity contribution in [3.63, 3.8) is 0 Å². The Labute approximate surface area is 136 Å². The summed E-state index contributed by atoms with van der Waals surface area (Å²) in [6, 6.07) is 7.62. The van der Waals surface area contributed by atoms with Crippen LogP contribution in [-0.4, -0.2) is 22.4 Å². The zero-order valence-corrected chi connectivity index (χ0v) is 13.7. The number of aromatic nitrogens is 2. The number of carbonyl (C=O) groups is 1. The lowest BCUT2D eigenvalue weighted by Crippen LogP contribution is -2.25. The van der Waals surface area contributed by atoms with E-state index in [0.29, 0.717) is 12.1 Å². The molecule has 0 aliphatic heterocycles. The van der Waals surface area contributed by atoms with Gasteiger partial charge >= 0.3 is 0 Å². The topological polar surface area (TPSA) is 54.9 Å². The molecule has 22 heavy (non-hydrogen) atoms. The number of thiophene rings is 1. The minimum atomic E-state index is -0.0608. The summed E-state index contributed by atoms with van der Waals surface area (Å²) < 4.78 is 0. The molecule has 0 saturated carbocycles. The summed E-state index contributed by atoms with van der Waals surface area (Å²) in [4.78, 5) is 22.7. The first kappa shape index (κ1) is 14.9. The number of hydrogen-bond acceptors (Lipinski definition) is 5. The molecule has 6 heteroatoms. The van der Waals surface area contributed by atoms with E-state index in [1.54, 1.807) is 47.2 Å².